The minimum Gasteiger partial charge on any atom is -0.258 e. The molecule has 0 aliphatic rings. The van der Waals surface area contributed by atoms with Gasteiger partial charge in [0.15, 0.2) is 5.82 Å². The van der Waals surface area contributed by atoms with Gasteiger partial charge in [-0.3, -0.25) is 10.1 Å². The molecule has 1 unspecified atom stereocenters. The molecule has 0 spiro atoms. The monoisotopic (exact) mass is 331 g/mol. The van der Waals surface area contributed by atoms with Crippen LogP contribution < -0.4 is 0 Å². The lowest BCUT2D eigenvalue weighted by Gasteiger charge is -2.07. The van der Waals surface area contributed by atoms with Gasteiger partial charge in [0.25, 0.3) is 5.69 Å². The van der Waals surface area contributed by atoms with Crippen molar-refractivity contribution in [1.29, 1.82) is 0 Å². The van der Waals surface area contributed by atoms with Crippen LogP contribution in [0.15, 0.2) is 22.7 Å². The highest BCUT2D eigenvalue weighted by atomic mass is 79.9. The molecule has 9 heteroatoms. The first-order valence-corrected chi connectivity index (χ1v) is 6.10. The van der Waals surface area contributed by atoms with Gasteiger partial charge in [-0.1, -0.05) is 0 Å². The van der Waals surface area contributed by atoms with E-state index in [9.17, 15) is 10.1 Å². The van der Waals surface area contributed by atoms with Crippen molar-refractivity contribution in [2.24, 2.45) is 0 Å². The Morgan fingerprint density at radius 1 is 1.56 bits per heavy atom. The van der Waals surface area contributed by atoms with Gasteiger partial charge >= 0.3 is 0 Å². The Balaban J connectivity index is 2.59. The van der Waals surface area contributed by atoms with E-state index in [1.165, 1.54) is 16.8 Å². The number of nitro benzene ring substituents is 1. The van der Waals surface area contributed by atoms with E-state index >= 15 is 0 Å². The summed E-state index contributed by atoms with van der Waals surface area (Å²) in [7, 11) is 0. The summed E-state index contributed by atoms with van der Waals surface area (Å²) in [6.07, 6.45) is 0. The molecular formula is C9H7BrClN5O2. The van der Waals surface area contributed by atoms with Crippen LogP contribution in [-0.4, -0.2) is 25.1 Å². The van der Waals surface area contributed by atoms with Crippen molar-refractivity contribution in [2.75, 3.05) is 0 Å². The zero-order valence-electron chi connectivity index (χ0n) is 9.12. The fraction of sp³-hybridized carbons (Fsp3) is 0.222. The van der Waals surface area contributed by atoms with Crippen LogP contribution in [0.2, 0.25) is 0 Å². The van der Waals surface area contributed by atoms with Crippen molar-refractivity contribution < 1.29 is 4.92 Å². The number of aromatic nitrogens is 4. The molecule has 7 nitrogen and oxygen atoms in total. The molecule has 0 aliphatic carbocycles. The Labute approximate surface area is 115 Å². The summed E-state index contributed by atoms with van der Waals surface area (Å²) < 4.78 is 2.01. The summed E-state index contributed by atoms with van der Waals surface area (Å²) in [5.74, 6) is 0.415. The first-order valence-electron chi connectivity index (χ1n) is 4.87. The average molecular weight is 333 g/mol. The molecule has 0 saturated carbocycles. The van der Waals surface area contributed by atoms with E-state index in [1.54, 1.807) is 13.0 Å². The topological polar surface area (TPSA) is 86.7 Å². The molecule has 1 aromatic heterocycles. The van der Waals surface area contributed by atoms with E-state index in [0.717, 1.165) is 0 Å². The zero-order valence-corrected chi connectivity index (χ0v) is 11.5. The highest BCUT2D eigenvalue weighted by Crippen LogP contribution is 2.28. The van der Waals surface area contributed by atoms with Gasteiger partial charge in [-0.25, -0.2) is 0 Å². The van der Waals surface area contributed by atoms with Gasteiger partial charge in [-0.15, -0.1) is 16.7 Å². The standard InChI is InChI=1S/C9H7BrClN5O2/c1-5(11)9-12-13-14-15(9)8-4-6(16(17)18)2-3-7(8)10/h2-5H,1H3. The number of nitro groups is 1. The Hall–Kier alpha value is -1.54. The maximum absolute atomic E-state index is 10.8. The molecule has 2 rings (SSSR count). The second kappa shape index (κ2) is 4.99. The van der Waals surface area contributed by atoms with Crippen molar-refractivity contribution in [3.63, 3.8) is 0 Å². The maximum Gasteiger partial charge on any atom is 0.271 e. The SMILES string of the molecule is CC(Cl)c1nnnn1-c1cc([N+](=O)[O-])ccc1Br. The van der Waals surface area contributed by atoms with Gasteiger partial charge in [0, 0.05) is 16.6 Å². The van der Waals surface area contributed by atoms with Gasteiger partial charge in [0.1, 0.15) is 0 Å². The Morgan fingerprint density at radius 2 is 2.28 bits per heavy atom. The third-order valence-electron chi connectivity index (χ3n) is 2.22. The molecule has 18 heavy (non-hydrogen) atoms. The van der Waals surface area contributed by atoms with Gasteiger partial charge in [-0.2, -0.15) is 4.68 Å². The molecule has 1 heterocycles. The number of tetrazole rings is 1. The van der Waals surface area contributed by atoms with Crippen LogP contribution in [0.3, 0.4) is 0 Å². The molecule has 0 fully saturated rings. The average Bonchev–Trinajstić information content (AvgIpc) is 2.78. The first-order chi connectivity index (χ1) is 8.50. The van der Waals surface area contributed by atoms with Crippen LogP contribution in [0.25, 0.3) is 5.69 Å². The molecule has 0 saturated heterocycles. The molecule has 0 aliphatic heterocycles. The normalized spacial score (nSPS) is 12.4. The number of rotatable bonds is 3. The number of benzene rings is 1. The Bertz CT molecular complexity index is 600. The minimum atomic E-state index is -0.482. The fourth-order valence-electron chi connectivity index (χ4n) is 1.39. The van der Waals surface area contributed by atoms with Gasteiger partial charge in [-0.05, 0) is 39.3 Å². The lowest BCUT2D eigenvalue weighted by Crippen LogP contribution is -2.05. The van der Waals surface area contributed by atoms with Crippen LogP contribution in [0, 0.1) is 10.1 Å². The van der Waals surface area contributed by atoms with Crippen molar-refractivity contribution in [2.45, 2.75) is 12.3 Å². The summed E-state index contributed by atoms with van der Waals surface area (Å²) in [5, 5.41) is 21.4. The zero-order chi connectivity index (χ0) is 13.3. The minimum absolute atomic E-state index is 0.0446. The molecule has 94 valence electrons. The van der Waals surface area contributed by atoms with Gasteiger partial charge in [0.2, 0.25) is 0 Å². The molecule has 0 radical (unpaired) electrons. The number of non-ortho nitro benzene ring substituents is 1. The quantitative estimate of drug-likeness (QED) is 0.490. The second-order valence-corrected chi connectivity index (χ2v) is 4.97. The van der Waals surface area contributed by atoms with Crippen LogP contribution in [0.5, 0.6) is 0 Å². The highest BCUT2D eigenvalue weighted by Gasteiger charge is 2.18. The summed E-state index contributed by atoms with van der Waals surface area (Å²) >= 11 is 9.24. The van der Waals surface area contributed by atoms with Gasteiger partial charge < -0.3 is 0 Å². The van der Waals surface area contributed by atoms with Crippen LogP contribution in [-0.2, 0) is 0 Å². The van der Waals surface area contributed by atoms with E-state index in [-0.39, 0.29) is 5.69 Å². The third kappa shape index (κ3) is 2.34. The maximum atomic E-state index is 10.8. The molecule has 0 amide bonds. The number of alkyl halides is 1. The predicted octanol–water partition coefficient (Wildman–Crippen LogP) is 2.63. The number of halogens is 2. The molecule has 1 atom stereocenters. The van der Waals surface area contributed by atoms with E-state index in [1.807, 2.05) is 0 Å². The van der Waals surface area contributed by atoms with Crippen molar-refractivity contribution >= 4 is 33.2 Å². The highest BCUT2D eigenvalue weighted by molar-refractivity contribution is 9.10. The summed E-state index contributed by atoms with van der Waals surface area (Å²) in [4.78, 5) is 10.3. The third-order valence-corrected chi connectivity index (χ3v) is 3.08. The van der Waals surface area contributed by atoms with E-state index in [0.29, 0.717) is 16.0 Å². The number of hydrogen-bond acceptors (Lipinski definition) is 5. The van der Waals surface area contributed by atoms with E-state index in [2.05, 4.69) is 31.5 Å². The van der Waals surface area contributed by atoms with Crippen molar-refractivity contribution in [3.8, 4) is 5.69 Å². The number of hydrogen-bond donors (Lipinski definition) is 0. The summed E-state index contributed by atoms with van der Waals surface area (Å²) in [6.45, 7) is 1.72. The second-order valence-electron chi connectivity index (χ2n) is 3.46. The summed E-state index contributed by atoms with van der Waals surface area (Å²) in [6, 6.07) is 4.34. The largest absolute Gasteiger partial charge is 0.271 e. The van der Waals surface area contributed by atoms with E-state index < -0.39 is 10.3 Å². The lowest BCUT2D eigenvalue weighted by molar-refractivity contribution is -0.384. The van der Waals surface area contributed by atoms with Crippen LogP contribution in [0.4, 0.5) is 5.69 Å². The molecular weight excluding hydrogens is 325 g/mol. The Kier molecular flexibility index (Phi) is 3.58. The molecule has 2 aromatic rings. The summed E-state index contributed by atoms with van der Waals surface area (Å²) in [5.41, 5.74) is 0.425. The van der Waals surface area contributed by atoms with Crippen molar-refractivity contribution in [1.82, 2.24) is 20.2 Å². The Morgan fingerprint density at radius 3 is 2.89 bits per heavy atom. The smallest absolute Gasteiger partial charge is 0.258 e. The van der Waals surface area contributed by atoms with E-state index in [4.69, 9.17) is 11.6 Å². The lowest BCUT2D eigenvalue weighted by atomic mass is 10.3. The predicted molar refractivity (Wildman–Crippen MR) is 67.8 cm³/mol. The first kappa shape index (κ1) is 12.9. The van der Waals surface area contributed by atoms with Crippen LogP contribution in [0.1, 0.15) is 18.1 Å². The van der Waals surface area contributed by atoms with Gasteiger partial charge in [0.05, 0.1) is 16.0 Å². The molecule has 0 N–H and O–H groups in total. The fourth-order valence-corrected chi connectivity index (χ4v) is 1.94. The van der Waals surface area contributed by atoms with Crippen molar-refractivity contribution in [3.05, 3.63) is 38.6 Å². The number of nitrogens with zero attached hydrogens (tertiary/aromatic N) is 5. The molecule has 0 bridgehead atoms. The molecule has 1 aromatic carbocycles. The van der Waals surface area contributed by atoms with Crippen LogP contribution >= 0.6 is 27.5 Å².